The van der Waals surface area contributed by atoms with Gasteiger partial charge in [-0.2, -0.15) is 0 Å². The molecule has 0 aliphatic rings. The normalized spacial score (nSPS) is 14.5. The maximum absolute atomic E-state index is 2.52. The van der Waals surface area contributed by atoms with Crippen LogP contribution >= 0.6 is 15.8 Å². The lowest BCUT2D eigenvalue weighted by molar-refractivity contribution is 0.590. The maximum Gasteiger partial charge on any atom is -0.0132 e. The van der Waals surface area contributed by atoms with Gasteiger partial charge in [-0.15, -0.1) is 0 Å². The summed E-state index contributed by atoms with van der Waals surface area (Å²) < 4.78 is 0. The molecule has 0 radical (unpaired) electrons. The van der Waals surface area contributed by atoms with Crippen molar-refractivity contribution in [3.8, 4) is 0 Å². The highest BCUT2D eigenvalue weighted by Crippen LogP contribution is 2.48. The molecule has 47 heavy (non-hydrogen) atoms. The second-order valence-corrected chi connectivity index (χ2v) is 23.2. The van der Waals surface area contributed by atoms with Gasteiger partial charge < -0.3 is 0 Å². The molecule has 0 aliphatic carbocycles. The summed E-state index contributed by atoms with van der Waals surface area (Å²) in [5, 5.41) is 5.96. The van der Waals surface area contributed by atoms with Crippen LogP contribution < -0.4 is 21.2 Å². The number of hydrogen-bond donors (Lipinski definition) is 0. The molecule has 0 N–H and O–H groups in total. The fraction of sp³-hybridized carbons (Fsp3) is 0.467. The largest absolute Gasteiger partial charge is 0.0579 e. The van der Waals surface area contributed by atoms with Crippen molar-refractivity contribution in [1.82, 2.24) is 0 Å². The molecule has 2 atom stereocenters. The van der Waals surface area contributed by atoms with Gasteiger partial charge in [0.25, 0.3) is 0 Å². The van der Waals surface area contributed by atoms with Crippen LogP contribution in [0.15, 0.2) is 97.1 Å². The van der Waals surface area contributed by atoms with Crippen LogP contribution in [0, 0.1) is 0 Å². The molecule has 0 nitrogen and oxygen atoms in total. The van der Waals surface area contributed by atoms with Gasteiger partial charge in [-0.3, -0.25) is 0 Å². The first-order valence-corrected chi connectivity index (χ1v) is 20.5. The van der Waals surface area contributed by atoms with Crippen molar-refractivity contribution in [2.45, 2.75) is 136 Å². The summed E-state index contributed by atoms with van der Waals surface area (Å²) in [6.07, 6.45) is 1.18. The van der Waals surface area contributed by atoms with E-state index in [-0.39, 0.29) is 21.7 Å². The summed E-state index contributed by atoms with van der Waals surface area (Å²) in [5.74, 6) is 0. The van der Waals surface area contributed by atoms with Crippen molar-refractivity contribution in [1.29, 1.82) is 0 Å². The third-order valence-electron chi connectivity index (χ3n) is 9.61. The highest BCUT2D eigenvalue weighted by atomic mass is 31.1. The Labute approximate surface area is 291 Å². The molecule has 0 saturated carbocycles. The minimum absolute atomic E-state index is 0.149. The minimum atomic E-state index is -0.534. The summed E-state index contributed by atoms with van der Waals surface area (Å²) in [6.45, 7) is 32.8. The fourth-order valence-electron chi connectivity index (χ4n) is 6.51. The first kappa shape index (κ1) is 37.6. The van der Waals surface area contributed by atoms with E-state index in [0.717, 1.165) is 0 Å². The van der Waals surface area contributed by atoms with E-state index in [0.29, 0.717) is 11.3 Å². The van der Waals surface area contributed by atoms with Crippen molar-refractivity contribution < 1.29 is 0 Å². The molecule has 0 saturated heterocycles. The molecule has 0 spiro atoms. The van der Waals surface area contributed by atoms with Crippen molar-refractivity contribution in [3.05, 3.63) is 119 Å². The Hall–Kier alpha value is -2.26. The van der Waals surface area contributed by atoms with Gasteiger partial charge in [-0.1, -0.05) is 194 Å². The predicted octanol–water partition coefficient (Wildman–Crippen LogP) is 11.6. The van der Waals surface area contributed by atoms with Crippen molar-refractivity contribution in [2.24, 2.45) is 0 Å². The highest BCUT2D eigenvalue weighted by molar-refractivity contribution is 7.74. The smallest absolute Gasteiger partial charge is 0.0132 e. The van der Waals surface area contributed by atoms with Crippen LogP contribution in [0.5, 0.6) is 0 Å². The standard InChI is InChI=1S/C45H62P2/c1-32(46(38-23-15-34(16-24-38)42(3,4)5)39-25-17-35(18-26-39)43(6,7)8)31-33(2)47(40-27-19-36(20-28-40)44(9,10)11)41-29-21-37(22-30-41)45(12,13)14/h15-30,32-33H,31H2,1-14H3/t32-,33?/m1/s1. The third-order valence-corrected chi connectivity index (χ3v) is 15.2. The molecule has 252 valence electrons. The van der Waals surface area contributed by atoms with E-state index in [2.05, 4.69) is 194 Å². The van der Waals surface area contributed by atoms with Gasteiger partial charge in [0.1, 0.15) is 0 Å². The van der Waals surface area contributed by atoms with E-state index in [1.165, 1.54) is 49.9 Å². The van der Waals surface area contributed by atoms with Gasteiger partial charge >= 0.3 is 0 Å². The Morgan fingerprint density at radius 2 is 0.511 bits per heavy atom. The van der Waals surface area contributed by atoms with E-state index < -0.39 is 15.8 Å². The van der Waals surface area contributed by atoms with Crippen molar-refractivity contribution in [2.75, 3.05) is 0 Å². The Morgan fingerprint density at radius 3 is 0.660 bits per heavy atom. The first-order valence-electron chi connectivity index (χ1n) is 17.7. The monoisotopic (exact) mass is 664 g/mol. The topological polar surface area (TPSA) is 0 Å². The van der Waals surface area contributed by atoms with Crippen LogP contribution in [0.4, 0.5) is 0 Å². The highest BCUT2D eigenvalue weighted by Gasteiger charge is 2.29. The lowest BCUT2D eigenvalue weighted by atomic mass is 9.87. The number of benzene rings is 4. The van der Waals surface area contributed by atoms with Crippen molar-refractivity contribution in [3.63, 3.8) is 0 Å². The van der Waals surface area contributed by atoms with Crippen LogP contribution in [0.2, 0.25) is 0 Å². The zero-order valence-corrected chi connectivity index (χ0v) is 33.8. The van der Waals surface area contributed by atoms with Crippen LogP contribution in [0.25, 0.3) is 0 Å². The molecule has 1 unspecified atom stereocenters. The predicted molar refractivity (Wildman–Crippen MR) is 216 cm³/mol. The van der Waals surface area contributed by atoms with Crippen LogP contribution in [0.1, 0.15) is 126 Å². The SMILES string of the molecule is CC(C[C@@H](C)P(c1ccc(C(C)(C)C)cc1)c1ccc(C(C)(C)C)cc1)P(c1ccc(C(C)(C)C)cc1)c1ccc(C(C)(C)C)cc1. The van der Waals surface area contributed by atoms with Crippen LogP contribution in [-0.2, 0) is 21.7 Å². The molecule has 0 heterocycles. The Balaban J connectivity index is 1.74. The summed E-state index contributed by atoms with van der Waals surface area (Å²) >= 11 is 0. The molecule has 0 bridgehead atoms. The fourth-order valence-corrected chi connectivity index (χ4v) is 12.2. The summed E-state index contributed by atoms with van der Waals surface area (Å²) in [7, 11) is -1.07. The number of rotatable bonds is 8. The Morgan fingerprint density at radius 1 is 0.340 bits per heavy atom. The molecule has 2 heteroatoms. The van der Waals surface area contributed by atoms with Crippen LogP contribution in [-0.4, -0.2) is 11.3 Å². The molecular weight excluding hydrogens is 602 g/mol. The van der Waals surface area contributed by atoms with Gasteiger partial charge in [0.15, 0.2) is 0 Å². The zero-order valence-electron chi connectivity index (χ0n) is 32.0. The summed E-state index contributed by atoms with van der Waals surface area (Å²) in [6, 6.07) is 38.5. The number of hydrogen-bond acceptors (Lipinski definition) is 0. The average Bonchev–Trinajstić information content (AvgIpc) is 2.97. The molecule has 0 aliphatic heterocycles. The Kier molecular flexibility index (Phi) is 11.4. The summed E-state index contributed by atoms with van der Waals surface area (Å²) in [5.41, 5.74) is 7.29. The molecule has 4 rings (SSSR count). The van der Waals surface area contributed by atoms with E-state index in [1.54, 1.807) is 0 Å². The quantitative estimate of drug-likeness (QED) is 0.164. The lowest BCUT2D eigenvalue weighted by Crippen LogP contribution is -2.27. The first-order chi connectivity index (χ1) is 21.7. The van der Waals surface area contributed by atoms with Gasteiger partial charge in [0.05, 0.1) is 0 Å². The van der Waals surface area contributed by atoms with Gasteiger partial charge in [-0.05, 0) is 98.7 Å². The molecule has 0 aromatic heterocycles. The minimum Gasteiger partial charge on any atom is -0.0579 e. The second-order valence-electron chi connectivity index (χ2n) is 17.9. The Bertz CT molecular complexity index is 1330. The van der Waals surface area contributed by atoms with E-state index >= 15 is 0 Å². The molecule has 4 aromatic rings. The molecule has 4 aromatic carbocycles. The average molecular weight is 665 g/mol. The van der Waals surface area contributed by atoms with Crippen molar-refractivity contribution >= 4 is 37.1 Å². The van der Waals surface area contributed by atoms with Crippen LogP contribution in [0.3, 0.4) is 0 Å². The zero-order chi connectivity index (χ0) is 34.9. The van der Waals surface area contributed by atoms with E-state index in [9.17, 15) is 0 Å². The van der Waals surface area contributed by atoms with E-state index in [1.807, 2.05) is 0 Å². The van der Waals surface area contributed by atoms with Gasteiger partial charge in [0.2, 0.25) is 0 Å². The lowest BCUT2D eigenvalue weighted by Gasteiger charge is -2.33. The second kappa shape index (κ2) is 14.3. The maximum atomic E-state index is 2.52. The van der Waals surface area contributed by atoms with Gasteiger partial charge in [0, 0.05) is 0 Å². The summed E-state index contributed by atoms with van der Waals surface area (Å²) in [4.78, 5) is 0. The van der Waals surface area contributed by atoms with E-state index in [4.69, 9.17) is 0 Å². The van der Waals surface area contributed by atoms with Gasteiger partial charge in [-0.25, -0.2) is 0 Å². The molecular formula is C45H62P2. The molecule has 0 amide bonds. The third kappa shape index (κ3) is 9.46. The molecule has 0 fully saturated rings.